The van der Waals surface area contributed by atoms with Crippen molar-refractivity contribution in [2.24, 2.45) is 0 Å². The lowest BCUT2D eigenvalue weighted by Crippen LogP contribution is -1.70. The topological polar surface area (TPSA) is 0 Å². The van der Waals surface area contributed by atoms with Crippen LogP contribution in [0.4, 0.5) is 23.5 Å². The molecule has 0 saturated heterocycles. The summed E-state index contributed by atoms with van der Waals surface area (Å²) in [6.45, 7) is 2.02. The predicted molar refractivity (Wildman–Crippen MR) is 49.6 cm³/mol. The summed E-state index contributed by atoms with van der Waals surface area (Å²) in [5.41, 5.74) is 1.18. The van der Waals surface area contributed by atoms with Crippen LogP contribution >= 0.6 is 12.6 Å². The molecule has 0 fully saturated rings. The van der Waals surface area contributed by atoms with Crippen molar-refractivity contribution in [1.82, 2.24) is 0 Å². The molecule has 1 rings (SSSR count). The SMILES string of the molecule is Cc1ccccc1[S].F.F.F.F.F. The lowest BCUT2D eigenvalue weighted by Gasteiger charge is -1.91. The molecule has 0 unspecified atom stereocenters. The van der Waals surface area contributed by atoms with E-state index in [-0.39, 0.29) is 23.5 Å². The highest BCUT2D eigenvalue weighted by Crippen LogP contribution is 2.09. The molecule has 0 spiro atoms. The first-order valence-corrected chi connectivity index (χ1v) is 2.94. The largest absolute Gasteiger partial charge is 0.269 e. The van der Waals surface area contributed by atoms with E-state index in [1.165, 1.54) is 5.56 Å². The fraction of sp³-hybridized carbons (Fsp3) is 0.143. The van der Waals surface area contributed by atoms with Gasteiger partial charge in [-0.15, -0.1) is 0 Å². The van der Waals surface area contributed by atoms with Gasteiger partial charge in [-0.25, -0.2) is 0 Å². The van der Waals surface area contributed by atoms with Gasteiger partial charge in [0.1, 0.15) is 0 Å². The number of hydrogen-bond acceptors (Lipinski definition) is 0. The molecule has 13 heavy (non-hydrogen) atoms. The molecule has 0 atom stereocenters. The summed E-state index contributed by atoms with van der Waals surface area (Å²) >= 11 is 4.95. The first-order chi connectivity index (χ1) is 3.80. The Labute approximate surface area is 78.6 Å². The molecule has 0 aliphatic rings. The van der Waals surface area contributed by atoms with Crippen LogP contribution in [0.15, 0.2) is 29.2 Å². The average molecular weight is 223 g/mol. The number of benzene rings is 1. The highest BCUT2D eigenvalue weighted by molar-refractivity contribution is 7.80. The van der Waals surface area contributed by atoms with E-state index < -0.39 is 0 Å². The molecule has 0 amide bonds. The molecule has 1 aromatic carbocycles. The van der Waals surface area contributed by atoms with Gasteiger partial charge >= 0.3 is 0 Å². The molecular weight excluding hydrogens is 211 g/mol. The third kappa shape index (κ3) is 9.00. The van der Waals surface area contributed by atoms with Crippen molar-refractivity contribution in [2.45, 2.75) is 11.8 Å². The monoisotopic (exact) mass is 223 g/mol. The predicted octanol–water partition coefficient (Wildman–Crippen LogP) is 3.31. The van der Waals surface area contributed by atoms with Gasteiger partial charge in [0, 0.05) is 4.90 Å². The average Bonchev–Trinajstić information content (AvgIpc) is 1.77. The minimum absolute atomic E-state index is 0. The molecule has 1 aromatic rings. The van der Waals surface area contributed by atoms with Gasteiger partial charge in [-0.3, -0.25) is 23.5 Å². The van der Waals surface area contributed by atoms with E-state index in [1.807, 2.05) is 31.2 Å². The van der Waals surface area contributed by atoms with Crippen LogP contribution in [-0.4, -0.2) is 0 Å². The zero-order chi connectivity index (χ0) is 5.98. The van der Waals surface area contributed by atoms with E-state index in [1.54, 1.807) is 0 Å². The zero-order valence-electron chi connectivity index (χ0n) is 6.76. The van der Waals surface area contributed by atoms with Crippen molar-refractivity contribution >= 4 is 12.6 Å². The third-order valence-corrected chi connectivity index (χ3v) is 1.55. The maximum absolute atomic E-state index is 4.95. The van der Waals surface area contributed by atoms with E-state index in [2.05, 4.69) is 0 Å². The van der Waals surface area contributed by atoms with Gasteiger partial charge in [-0.1, -0.05) is 30.8 Å². The van der Waals surface area contributed by atoms with Crippen molar-refractivity contribution in [3.8, 4) is 0 Å². The summed E-state index contributed by atoms with van der Waals surface area (Å²) in [6, 6.07) is 7.90. The standard InChI is InChI=1S/C7H7S.5FH/c1-6-4-2-3-5-7(6)8;;;;;/h2-5H,1H3;5*1H. The Morgan fingerprint density at radius 1 is 0.846 bits per heavy atom. The van der Waals surface area contributed by atoms with Gasteiger partial charge < -0.3 is 0 Å². The van der Waals surface area contributed by atoms with Crippen LogP contribution in [0.1, 0.15) is 5.56 Å². The molecule has 0 aliphatic carbocycles. The normalized spacial score (nSPS) is 5.62. The van der Waals surface area contributed by atoms with E-state index in [0.717, 1.165) is 4.90 Å². The van der Waals surface area contributed by atoms with Crippen LogP contribution < -0.4 is 0 Å². The van der Waals surface area contributed by atoms with Crippen molar-refractivity contribution in [3.63, 3.8) is 0 Å². The minimum atomic E-state index is 0. The molecule has 0 bridgehead atoms. The summed E-state index contributed by atoms with van der Waals surface area (Å²) in [5.74, 6) is 0. The van der Waals surface area contributed by atoms with Crippen LogP contribution in [0.2, 0.25) is 0 Å². The van der Waals surface area contributed by atoms with E-state index in [4.69, 9.17) is 12.6 Å². The Balaban J connectivity index is -0.0000000427. The third-order valence-electron chi connectivity index (χ3n) is 1.09. The quantitative estimate of drug-likeness (QED) is 0.592. The fourth-order valence-electron chi connectivity index (χ4n) is 0.556. The van der Waals surface area contributed by atoms with E-state index >= 15 is 0 Å². The summed E-state index contributed by atoms with van der Waals surface area (Å²) < 4.78 is 0. The summed E-state index contributed by atoms with van der Waals surface area (Å²) in [6.07, 6.45) is 0. The molecule has 81 valence electrons. The summed E-state index contributed by atoms with van der Waals surface area (Å²) in [5, 5.41) is 0. The number of halogens is 5. The van der Waals surface area contributed by atoms with Crippen LogP contribution in [0.25, 0.3) is 0 Å². The second kappa shape index (κ2) is 13.7. The Morgan fingerprint density at radius 2 is 1.23 bits per heavy atom. The second-order valence-electron chi connectivity index (χ2n) is 1.77. The van der Waals surface area contributed by atoms with Gasteiger partial charge in [0.25, 0.3) is 0 Å². The summed E-state index contributed by atoms with van der Waals surface area (Å²) in [7, 11) is 0. The maximum atomic E-state index is 4.95. The van der Waals surface area contributed by atoms with Crippen LogP contribution in [0.5, 0.6) is 0 Å². The van der Waals surface area contributed by atoms with Gasteiger partial charge in [0.2, 0.25) is 0 Å². The zero-order valence-corrected chi connectivity index (χ0v) is 7.58. The van der Waals surface area contributed by atoms with E-state index in [0.29, 0.717) is 0 Å². The van der Waals surface area contributed by atoms with Crippen molar-refractivity contribution in [3.05, 3.63) is 29.8 Å². The molecule has 0 nitrogen and oxygen atoms in total. The molecule has 6 heteroatoms. The Hall–Kier alpha value is -0.910. The first kappa shape index (κ1) is 29.6. The minimum Gasteiger partial charge on any atom is -0.269 e. The Bertz CT molecular complexity index is 173. The highest BCUT2D eigenvalue weighted by Gasteiger charge is 1.86. The highest BCUT2D eigenvalue weighted by atomic mass is 32.1. The first-order valence-electron chi connectivity index (χ1n) is 2.53. The Morgan fingerprint density at radius 3 is 1.46 bits per heavy atom. The number of rotatable bonds is 0. The summed E-state index contributed by atoms with van der Waals surface area (Å²) in [4.78, 5) is 0.951. The lowest BCUT2D eigenvalue weighted by atomic mass is 10.2. The Kier molecular flexibility index (Phi) is 31.1. The van der Waals surface area contributed by atoms with Crippen LogP contribution in [0, 0.1) is 6.92 Å². The molecule has 0 aromatic heterocycles. The lowest BCUT2D eigenvalue weighted by molar-refractivity contribution is 1.11. The fourth-order valence-corrected chi connectivity index (χ4v) is 0.703. The second-order valence-corrected chi connectivity index (χ2v) is 2.21. The molecule has 0 N–H and O–H groups in total. The van der Waals surface area contributed by atoms with Gasteiger partial charge in [-0.05, 0) is 18.6 Å². The van der Waals surface area contributed by atoms with Crippen LogP contribution in [-0.2, 0) is 0 Å². The number of hydrogen-bond donors (Lipinski definition) is 0. The van der Waals surface area contributed by atoms with Gasteiger partial charge in [-0.2, -0.15) is 0 Å². The maximum Gasteiger partial charge on any atom is 0.0406 e. The smallest absolute Gasteiger partial charge is 0.0406 e. The number of aryl methyl sites for hydroxylation is 1. The van der Waals surface area contributed by atoms with Crippen molar-refractivity contribution in [1.29, 1.82) is 0 Å². The van der Waals surface area contributed by atoms with Gasteiger partial charge in [0.05, 0.1) is 0 Å². The molecule has 0 aliphatic heterocycles. The molecular formula is C7H12F5S. The molecule has 0 saturated carbocycles. The van der Waals surface area contributed by atoms with Crippen LogP contribution in [0.3, 0.4) is 0 Å². The van der Waals surface area contributed by atoms with Gasteiger partial charge in [0.15, 0.2) is 0 Å². The molecule has 1 radical (unpaired) electrons. The van der Waals surface area contributed by atoms with Crippen molar-refractivity contribution in [2.75, 3.05) is 0 Å². The van der Waals surface area contributed by atoms with Crippen molar-refractivity contribution < 1.29 is 23.5 Å². The van der Waals surface area contributed by atoms with E-state index in [9.17, 15) is 0 Å². The molecule has 0 heterocycles.